The highest BCUT2D eigenvalue weighted by Gasteiger charge is 2.40. The van der Waals surface area contributed by atoms with E-state index in [1.807, 2.05) is 0 Å². The second-order valence-electron chi connectivity index (χ2n) is 6.72. The molecule has 0 saturated heterocycles. The molecule has 1 aliphatic carbocycles. The molecular weight excluding hydrogens is 214 g/mol. The van der Waals surface area contributed by atoms with Crippen molar-refractivity contribution in [3.05, 3.63) is 0 Å². The van der Waals surface area contributed by atoms with Crippen molar-refractivity contribution < 1.29 is 4.43 Å². The molecule has 1 saturated carbocycles. The maximum atomic E-state index is 6.45. The Morgan fingerprint density at radius 1 is 1.06 bits per heavy atom. The highest BCUT2D eigenvalue weighted by atomic mass is 28.4. The quantitative estimate of drug-likeness (QED) is 0.593. The minimum Gasteiger partial charge on any atom is -0.412 e. The lowest BCUT2D eigenvalue weighted by molar-refractivity contribution is 0.144. The largest absolute Gasteiger partial charge is 0.412 e. The van der Waals surface area contributed by atoms with Gasteiger partial charge in [0.15, 0.2) is 8.32 Å². The molecule has 3 heteroatoms. The highest BCUT2D eigenvalue weighted by Crippen LogP contribution is 2.38. The molecule has 0 aliphatic heterocycles. The molecule has 0 aromatic carbocycles. The Labute approximate surface area is 102 Å². The van der Waals surface area contributed by atoms with Gasteiger partial charge in [-0.05, 0) is 31.0 Å². The minimum atomic E-state index is -1.64. The molecule has 96 valence electrons. The number of hydrogen-bond donors (Lipinski definition) is 1. The molecule has 2 atom stereocenters. The topological polar surface area (TPSA) is 35.2 Å². The third kappa shape index (κ3) is 3.57. The van der Waals surface area contributed by atoms with Gasteiger partial charge < -0.3 is 10.2 Å². The molecular formula is C13H29NOSi. The van der Waals surface area contributed by atoms with E-state index in [1.165, 1.54) is 19.3 Å². The van der Waals surface area contributed by atoms with E-state index in [0.29, 0.717) is 11.1 Å². The van der Waals surface area contributed by atoms with Crippen LogP contribution in [-0.4, -0.2) is 20.5 Å². The monoisotopic (exact) mass is 243 g/mol. The fourth-order valence-electron chi connectivity index (χ4n) is 2.00. The summed E-state index contributed by atoms with van der Waals surface area (Å²) in [6.07, 6.45) is 6.49. The first-order valence-corrected chi connectivity index (χ1v) is 9.58. The summed E-state index contributed by atoms with van der Waals surface area (Å²) in [6, 6.07) is 0.261. The van der Waals surface area contributed by atoms with Crippen LogP contribution in [-0.2, 0) is 4.43 Å². The zero-order chi connectivity index (χ0) is 12.4. The van der Waals surface area contributed by atoms with Crippen LogP contribution in [0.1, 0.15) is 52.9 Å². The Kier molecular flexibility index (Phi) is 4.61. The standard InChI is InChI=1S/C13H29NOSi/c1-13(2,3)16(4,5)15-12-10-8-6-7-9-11(12)14/h11-12H,6-10,14H2,1-5H3/t11-,12-/m1/s1. The molecule has 0 amide bonds. The van der Waals surface area contributed by atoms with Gasteiger partial charge in [0.2, 0.25) is 0 Å². The van der Waals surface area contributed by atoms with Crippen molar-refractivity contribution in [3.63, 3.8) is 0 Å². The van der Waals surface area contributed by atoms with Gasteiger partial charge in [0.05, 0.1) is 6.10 Å². The normalized spacial score (nSPS) is 28.9. The van der Waals surface area contributed by atoms with Crippen molar-refractivity contribution in [2.24, 2.45) is 5.73 Å². The smallest absolute Gasteiger partial charge is 0.192 e. The first-order chi connectivity index (χ1) is 7.24. The molecule has 0 aromatic heterocycles. The Hall–Kier alpha value is 0.137. The number of nitrogens with two attached hydrogens (primary N) is 1. The fraction of sp³-hybridized carbons (Fsp3) is 1.00. The van der Waals surface area contributed by atoms with Crippen LogP contribution >= 0.6 is 0 Å². The highest BCUT2D eigenvalue weighted by molar-refractivity contribution is 6.74. The molecule has 0 spiro atoms. The third-order valence-corrected chi connectivity index (χ3v) is 8.76. The summed E-state index contributed by atoms with van der Waals surface area (Å²) in [5.74, 6) is 0. The number of rotatable bonds is 2. The summed E-state index contributed by atoms with van der Waals surface area (Å²) >= 11 is 0. The van der Waals surface area contributed by atoms with E-state index >= 15 is 0 Å². The molecule has 1 rings (SSSR count). The molecule has 16 heavy (non-hydrogen) atoms. The SMILES string of the molecule is CC(C)(C)[Si](C)(C)O[C@@H]1CCCCC[C@H]1N. The van der Waals surface area contributed by atoms with E-state index in [1.54, 1.807) is 0 Å². The average molecular weight is 243 g/mol. The summed E-state index contributed by atoms with van der Waals surface area (Å²) in [5.41, 5.74) is 6.23. The van der Waals surface area contributed by atoms with Gasteiger partial charge in [0.1, 0.15) is 0 Å². The van der Waals surface area contributed by atoms with Gasteiger partial charge in [0, 0.05) is 6.04 Å². The first-order valence-electron chi connectivity index (χ1n) is 6.67. The number of hydrogen-bond acceptors (Lipinski definition) is 2. The Bertz CT molecular complexity index is 222. The minimum absolute atomic E-state index is 0.261. The van der Waals surface area contributed by atoms with Crippen LogP contribution in [0.5, 0.6) is 0 Å². The Morgan fingerprint density at radius 3 is 2.19 bits per heavy atom. The molecule has 1 fully saturated rings. The molecule has 0 unspecified atom stereocenters. The molecule has 0 aromatic rings. The first kappa shape index (κ1) is 14.2. The van der Waals surface area contributed by atoms with Gasteiger partial charge in [-0.25, -0.2) is 0 Å². The predicted octanol–water partition coefficient (Wildman–Crippen LogP) is 3.67. The maximum absolute atomic E-state index is 6.45. The summed E-state index contributed by atoms with van der Waals surface area (Å²) in [5, 5.41) is 0.291. The van der Waals surface area contributed by atoms with Gasteiger partial charge in [-0.1, -0.05) is 40.0 Å². The third-order valence-electron chi connectivity index (χ3n) is 4.26. The molecule has 0 bridgehead atoms. The Morgan fingerprint density at radius 2 is 1.62 bits per heavy atom. The van der Waals surface area contributed by atoms with Gasteiger partial charge >= 0.3 is 0 Å². The van der Waals surface area contributed by atoms with Crippen molar-refractivity contribution in [2.75, 3.05) is 0 Å². The van der Waals surface area contributed by atoms with Crippen molar-refractivity contribution in [1.82, 2.24) is 0 Å². The zero-order valence-corrected chi connectivity index (χ0v) is 12.7. The summed E-state index contributed by atoms with van der Waals surface area (Å²) in [7, 11) is -1.64. The van der Waals surface area contributed by atoms with E-state index in [2.05, 4.69) is 33.9 Å². The molecule has 1 aliphatic rings. The van der Waals surface area contributed by atoms with Crippen LogP contribution in [0.15, 0.2) is 0 Å². The van der Waals surface area contributed by atoms with Crippen LogP contribution in [0.4, 0.5) is 0 Å². The van der Waals surface area contributed by atoms with Gasteiger partial charge in [0.25, 0.3) is 0 Å². The van der Waals surface area contributed by atoms with Gasteiger partial charge in [-0.3, -0.25) is 0 Å². The maximum Gasteiger partial charge on any atom is 0.192 e. The molecule has 0 radical (unpaired) electrons. The van der Waals surface area contributed by atoms with Gasteiger partial charge in [-0.15, -0.1) is 0 Å². The van der Waals surface area contributed by atoms with Crippen molar-refractivity contribution in [2.45, 2.75) is 83.2 Å². The van der Waals surface area contributed by atoms with Crippen LogP contribution in [0, 0.1) is 0 Å². The van der Waals surface area contributed by atoms with E-state index in [4.69, 9.17) is 10.2 Å². The lowest BCUT2D eigenvalue weighted by Crippen LogP contribution is -2.48. The van der Waals surface area contributed by atoms with Crippen LogP contribution in [0.2, 0.25) is 18.1 Å². The summed E-state index contributed by atoms with van der Waals surface area (Å²) < 4.78 is 6.45. The lowest BCUT2D eigenvalue weighted by Gasteiger charge is -2.40. The van der Waals surface area contributed by atoms with E-state index < -0.39 is 8.32 Å². The molecule has 2 nitrogen and oxygen atoms in total. The van der Waals surface area contributed by atoms with Crippen LogP contribution in [0.25, 0.3) is 0 Å². The fourth-order valence-corrected chi connectivity index (χ4v) is 3.41. The van der Waals surface area contributed by atoms with Gasteiger partial charge in [-0.2, -0.15) is 0 Å². The summed E-state index contributed by atoms with van der Waals surface area (Å²) in [4.78, 5) is 0. The van der Waals surface area contributed by atoms with Crippen LogP contribution < -0.4 is 5.73 Å². The Balaban J connectivity index is 2.64. The second-order valence-corrected chi connectivity index (χ2v) is 11.5. The van der Waals surface area contributed by atoms with E-state index in [-0.39, 0.29) is 6.04 Å². The van der Waals surface area contributed by atoms with E-state index in [0.717, 1.165) is 12.8 Å². The molecule has 0 heterocycles. The average Bonchev–Trinajstić information content (AvgIpc) is 2.30. The summed E-state index contributed by atoms with van der Waals surface area (Å²) in [6.45, 7) is 11.5. The lowest BCUT2D eigenvalue weighted by atomic mass is 10.1. The zero-order valence-electron chi connectivity index (χ0n) is 11.7. The van der Waals surface area contributed by atoms with Crippen LogP contribution in [0.3, 0.4) is 0 Å². The second kappa shape index (κ2) is 5.19. The molecule has 2 N–H and O–H groups in total. The van der Waals surface area contributed by atoms with Crippen molar-refractivity contribution in [3.8, 4) is 0 Å². The predicted molar refractivity (Wildman–Crippen MR) is 73.1 cm³/mol. The van der Waals surface area contributed by atoms with E-state index in [9.17, 15) is 0 Å². The van der Waals surface area contributed by atoms with Crippen molar-refractivity contribution in [1.29, 1.82) is 0 Å². The van der Waals surface area contributed by atoms with Crippen molar-refractivity contribution >= 4 is 8.32 Å².